The molecule has 2 aromatic rings. The van der Waals surface area contributed by atoms with Gasteiger partial charge in [-0.15, -0.1) is 0 Å². The van der Waals surface area contributed by atoms with Crippen molar-refractivity contribution in [1.82, 2.24) is 14.8 Å². The number of amides is 1. The van der Waals surface area contributed by atoms with Crippen molar-refractivity contribution in [3.63, 3.8) is 0 Å². The molecule has 0 bridgehead atoms. The van der Waals surface area contributed by atoms with E-state index in [9.17, 15) is 14.7 Å². The first-order chi connectivity index (χ1) is 14.5. The largest absolute Gasteiger partial charge is 0.507 e. The lowest BCUT2D eigenvalue weighted by Crippen LogP contribution is -2.38. The van der Waals surface area contributed by atoms with Crippen molar-refractivity contribution in [1.29, 1.82) is 0 Å². The third kappa shape index (κ3) is 4.21. The summed E-state index contributed by atoms with van der Waals surface area (Å²) in [6, 6.07) is 11.3. The maximum absolute atomic E-state index is 12.9. The van der Waals surface area contributed by atoms with Crippen LogP contribution in [0.3, 0.4) is 0 Å². The number of hydrogen-bond donors (Lipinski definition) is 1. The number of pyridine rings is 1. The molecule has 1 unspecified atom stereocenters. The number of carbonyl (C=O) groups excluding carboxylic acids is 2. The summed E-state index contributed by atoms with van der Waals surface area (Å²) >= 11 is 0. The Bertz CT molecular complexity index is 921. The highest BCUT2D eigenvalue weighted by Gasteiger charge is 2.46. The number of aromatic nitrogens is 1. The van der Waals surface area contributed by atoms with Crippen LogP contribution in [0.5, 0.6) is 5.75 Å². The minimum absolute atomic E-state index is 0.0587. The van der Waals surface area contributed by atoms with E-state index in [-0.39, 0.29) is 11.3 Å². The summed E-state index contributed by atoms with van der Waals surface area (Å²) in [6.07, 6.45) is 1.62. The molecule has 158 valence electrons. The van der Waals surface area contributed by atoms with Gasteiger partial charge < -0.3 is 19.6 Å². The summed E-state index contributed by atoms with van der Waals surface area (Å²) in [4.78, 5) is 33.9. The normalized spacial score (nSPS) is 18.3. The Hall–Kier alpha value is -3.19. The Labute approximate surface area is 176 Å². The fourth-order valence-electron chi connectivity index (χ4n) is 3.65. The van der Waals surface area contributed by atoms with Gasteiger partial charge in [-0.2, -0.15) is 0 Å². The topological polar surface area (TPSA) is 83.0 Å². The lowest BCUT2D eigenvalue weighted by Gasteiger charge is -2.27. The minimum Gasteiger partial charge on any atom is -0.507 e. The summed E-state index contributed by atoms with van der Waals surface area (Å²) in [5.41, 5.74) is 1.05. The van der Waals surface area contributed by atoms with Crippen molar-refractivity contribution < 1.29 is 19.4 Å². The number of nitrogens with zero attached hydrogens (tertiary/aromatic N) is 3. The lowest BCUT2D eigenvalue weighted by atomic mass is 9.98. The van der Waals surface area contributed by atoms with Gasteiger partial charge in [0.1, 0.15) is 17.6 Å². The number of ketones is 1. The molecule has 1 atom stereocenters. The minimum atomic E-state index is -0.733. The van der Waals surface area contributed by atoms with Crippen molar-refractivity contribution in [2.24, 2.45) is 0 Å². The second-order valence-corrected chi connectivity index (χ2v) is 7.00. The molecule has 30 heavy (non-hydrogen) atoms. The predicted molar refractivity (Wildman–Crippen MR) is 114 cm³/mol. The second kappa shape index (κ2) is 9.54. The van der Waals surface area contributed by atoms with Gasteiger partial charge in [0.15, 0.2) is 0 Å². The fraction of sp³-hybridized carbons (Fsp3) is 0.348. The molecule has 3 rings (SSSR count). The highest BCUT2D eigenvalue weighted by atomic mass is 16.5. The van der Waals surface area contributed by atoms with Crippen LogP contribution in [-0.2, 0) is 9.59 Å². The Kier molecular flexibility index (Phi) is 6.84. The van der Waals surface area contributed by atoms with Crippen LogP contribution in [0.2, 0.25) is 0 Å². The van der Waals surface area contributed by atoms with Crippen LogP contribution in [0.25, 0.3) is 5.76 Å². The summed E-state index contributed by atoms with van der Waals surface area (Å²) in [7, 11) is 1.55. The van der Waals surface area contributed by atoms with Crippen LogP contribution in [-0.4, -0.2) is 64.9 Å². The van der Waals surface area contributed by atoms with E-state index in [4.69, 9.17) is 4.74 Å². The monoisotopic (exact) mass is 409 g/mol. The maximum atomic E-state index is 12.9. The molecule has 0 spiro atoms. The van der Waals surface area contributed by atoms with E-state index in [0.29, 0.717) is 30.1 Å². The number of rotatable bonds is 8. The van der Waals surface area contributed by atoms with Gasteiger partial charge in [0.25, 0.3) is 11.7 Å². The average Bonchev–Trinajstić information content (AvgIpc) is 3.05. The van der Waals surface area contributed by atoms with Crippen molar-refractivity contribution in [3.05, 3.63) is 65.5 Å². The van der Waals surface area contributed by atoms with Crippen LogP contribution >= 0.6 is 0 Å². The summed E-state index contributed by atoms with van der Waals surface area (Å²) in [5, 5.41) is 11.0. The summed E-state index contributed by atoms with van der Waals surface area (Å²) in [6.45, 7) is 6.80. The number of hydrogen-bond acceptors (Lipinski definition) is 6. The van der Waals surface area contributed by atoms with Crippen molar-refractivity contribution in [2.75, 3.05) is 33.3 Å². The molecule has 7 heteroatoms. The molecule has 7 nitrogen and oxygen atoms in total. The van der Waals surface area contributed by atoms with Crippen molar-refractivity contribution >= 4 is 17.4 Å². The van der Waals surface area contributed by atoms with E-state index >= 15 is 0 Å². The van der Waals surface area contributed by atoms with Gasteiger partial charge in [-0.05, 0) is 49.5 Å². The van der Waals surface area contributed by atoms with E-state index < -0.39 is 17.7 Å². The number of likely N-dealkylation sites (N-methyl/N-ethyl adjacent to an activating group) is 1. The van der Waals surface area contributed by atoms with Crippen LogP contribution in [0.15, 0.2) is 54.2 Å². The molecule has 1 fully saturated rings. The number of aliphatic hydroxyl groups is 1. The molecule has 1 aliphatic rings. The molecular weight excluding hydrogens is 382 g/mol. The molecule has 1 aliphatic heterocycles. The zero-order valence-corrected chi connectivity index (χ0v) is 17.5. The van der Waals surface area contributed by atoms with Gasteiger partial charge in [0.05, 0.1) is 18.4 Å². The quantitative estimate of drug-likeness (QED) is 0.410. The number of likely N-dealkylation sites (tertiary alicyclic amines) is 1. The van der Waals surface area contributed by atoms with Gasteiger partial charge in [0.2, 0.25) is 0 Å². The standard InChI is InChI=1S/C23H27N3O4/c1-4-25(5-2)14-15-26-20(18-8-6-7-13-24-18)19(22(28)23(26)29)21(27)16-9-11-17(30-3)12-10-16/h6-13,20,27H,4-5,14-15H2,1-3H3. The highest BCUT2D eigenvalue weighted by Crippen LogP contribution is 2.38. The Morgan fingerprint density at radius 1 is 1.13 bits per heavy atom. The van der Waals surface area contributed by atoms with Crippen LogP contribution in [0, 0.1) is 0 Å². The van der Waals surface area contributed by atoms with Crippen LogP contribution in [0.1, 0.15) is 31.1 Å². The number of carbonyl (C=O) groups is 2. The van der Waals surface area contributed by atoms with Gasteiger partial charge in [-0.25, -0.2) is 0 Å². The number of Topliss-reactive ketones (excluding diaryl/α,β-unsaturated/α-hetero) is 1. The number of aliphatic hydroxyl groups excluding tert-OH is 1. The summed E-state index contributed by atoms with van der Waals surface area (Å²) < 4.78 is 5.15. The molecule has 1 N–H and O–H groups in total. The molecule has 1 amide bonds. The number of ether oxygens (including phenoxy) is 1. The average molecular weight is 409 g/mol. The Morgan fingerprint density at radius 3 is 2.40 bits per heavy atom. The van der Waals surface area contributed by atoms with Gasteiger partial charge in [0, 0.05) is 24.8 Å². The van der Waals surface area contributed by atoms with E-state index in [2.05, 4.69) is 23.7 Å². The van der Waals surface area contributed by atoms with Crippen molar-refractivity contribution in [3.8, 4) is 5.75 Å². The summed E-state index contributed by atoms with van der Waals surface area (Å²) in [5.74, 6) is -0.893. The third-order valence-electron chi connectivity index (χ3n) is 5.42. The highest BCUT2D eigenvalue weighted by molar-refractivity contribution is 6.46. The molecule has 1 saturated heterocycles. The van der Waals surface area contributed by atoms with E-state index in [0.717, 1.165) is 13.1 Å². The number of benzene rings is 1. The van der Waals surface area contributed by atoms with Crippen molar-refractivity contribution in [2.45, 2.75) is 19.9 Å². The van der Waals surface area contributed by atoms with E-state index in [1.807, 2.05) is 0 Å². The zero-order valence-electron chi connectivity index (χ0n) is 17.5. The first-order valence-electron chi connectivity index (χ1n) is 10.1. The SMILES string of the molecule is CCN(CC)CCN1C(=O)C(=O)C(=C(O)c2ccc(OC)cc2)C1c1ccccn1. The lowest BCUT2D eigenvalue weighted by molar-refractivity contribution is -0.140. The molecule has 1 aromatic carbocycles. The smallest absolute Gasteiger partial charge is 0.295 e. The van der Waals surface area contributed by atoms with E-state index in [1.165, 1.54) is 4.90 Å². The van der Waals surface area contributed by atoms with Gasteiger partial charge >= 0.3 is 0 Å². The molecule has 1 aromatic heterocycles. The van der Waals surface area contributed by atoms with Gasteiger partial charge in [-0.3, -0.25) is 14.6 Å². The molecule has 2 heterocycles. The molecule has 0 radical (unpaired) electrons. The Balaban J connectivity index is 2.05. The molecule has 0 aliphatic carbocycles. The predicted octanol–water partition coefficient (Wildman–Crippen LogP) is 2.85. The second-order valence-electron chi connectivity index (χ2n) is 7.00. The Morgan fingerprint density at radius 2 is 1.83 bits per heavy atom. The van der Waals surface area contributed by atoms with Crippen LogP contribution in [0.4, 0.5) is 0 Å². The zero-order chi connectivity index (χ0) is 21.7. The van der Waals surface area contributed by atoms with Gasteiger partial charge in [-0.1, -0.05) is 19.9 Å². The first-order valence-corrected chi connectivity index (χ1v) is 10.1. The van der Waals surface area contributed by atoms with E-state index in [1.54, 1.807) is 55.8 Å². The number of methoxy groups -OCH3 is 1. The fourth-order valence-corrected chi connectivity index (χ4v) is 3.65. The molecular formula is C23H27N3O4. The molecule has 0 saturated carbocycles. The first kappa shape index (κ1) is 21.5. The van der Waals surface area contributed by atoms with Crippen LogP contribution < -0.4 is 4.74 Å². The third-order valence-corrected chi connectivity index (χ3v) is 5.42. The maximum Gasteiger partial charge on any atom is 0.295 e.